The van der Waals surface area contributed by atoms with E-state index in [0.29, 0.717) is 6.54 Å². The number of phenols is 1. The van der Waals surface area contributed by atoms with Crippen molar-refractivity contribution in [3.05, 3.63) is 65.5 Å². The summed E-state index contributed by atoms with van der Waals surface area (Å²) in [5.41, 5.74) is 1.68. The van der Waals surface area contributed by atoms with Crippen LogP contribution in [0.15, 0.2) is 48.5 Å². The third-order valence-electron chi connectivity index (χ3n) is 2.70. The van der Waals surface area contributed by atoms with Crippen molar-refractivity contribution in [3.8, 4) is 5.75 Å². The molecule has 0 aliphatic rings. The fourth-order valence-electron chi connectivity index (χ4n) is 1.66. The standard InChI is InChI=1S/C15H14FNO2/c16-13-5-1-11(2-6-13)9-15(19)17-10-12-3-7-14(18)8-4-12/h1-8,18H,9-10H2,(H,17,19). The Kier molecular flexibility index (Phi) is 4.13. The van der Waals surface area contributed by atoms with E-state index in [0.717, 1.165) is 11.1 Å². The highest BCUT2D eigenvalue weighted by atomic mass is 19.1. The Hall–Kier alpha value is -2.36. The lowest BCUT2D eigenvalue weighted by Crippen LogP contribution is -2.24. The summed E-state index contributed by atoms with van der Waals surface area (Å²) >= 11 is 0. The van der Waals surface area contributed by atoms with Gasteiger partial charge in [0.25, 0.3) is 0 Å². The van der Waals surface area contributed by atoms with Crippen molar-refractivity contribution in [1.82, 2.24) is 5.32 Å². The van der Waals surface area contributed by atoms with Gasteiger partial charge in [-0.15, -0.1) is 0 Å². The summed E-state index contributed by atoms with van der Waals surface area (Å²) in [6.07, 6.45) is 0.221. The molecule has 2 N–H and O–H groups in total. The summed E-state index contributed by atoms with van der Waals surface area (Å²) in [6, 6.07) is 12.5. The molecule has 0 saturated heterocycles. The van der Waals surface area contributed by atoms with Crippen molar-refractivity contribution in [1.29, 1.82) is 0 Å². The molecule has 0 aliphatic heterocycles. The van der Waals surface area contributed by atoms with E-state index in [1.807, 2.05) is 0 Å². The molecule has 0 radical (unpaired) electrons. The third kappa shape index (κ3) is 4.10. The quantitative estimate of drug-likeness (QED) is 0.885. The first-order chi connectivity index (χ1) is 9.13. The lowest BCUT2D eigenvalue weighted by atomic mass is 10.1. The maximum absolute atomic E-state index is 12.7. The second-order valence-electron chi connectivity index (χ2n) is 4.25. The van der Waals surface area contributed by atoms with Crippen LogP contribution in [0, 0.1) is 5.82 Å². The molecule has 0 unspecified atom stereocenters. The molecule has 0 bridgehead atoms. The second kappa shape index (κ2) is 6.00. The van der Waals surface area contributed by atoms with E-state index < -0.39 is 0 Å². The van der Waals surface area contributed by atoms with Gasteiger partial charge >= 0.3 is 0 Å². The van der Waals surface area contributed by atoms with Gasteiger partial charge in [-0.25, -0.2) is 4.39 Å². The van der Waals surface area contributed by atoms with Crippen LogP contribution in [0.5, 0.6) is 5.75 Å². The third-order valence-corrected chi connectivity index (χ3v) is 2.70. The van der Waals surface area contributed by atoms with Gasteiger partial charge in [-0.3, -0.25) is 4.79 Å². The molecule has 3 nitrogen and oxygen atoms in total. The van der Waals surface area contributed by atoms with Gasteiger partial charge in [-0.2, -0.15) is 0 Å². The largest absolute Gasteiger partial charge is 0.508 e. The van der Waals surface area contributed by atoms with Gasteiger partial charge in [0, 0.05) is 6.54 Å². The first kappa shape index (κ1) is 13.1. The Balaban J connectivity index is 1.84. The van der Waals surface area contributed by atoms with Crippen molar-refractivity contribution in [2.75, 3.05) is 0 Å². The number of hydrogen-bond donors (Lipinski definition) is 2. The highest BCUT2D eigenvalue weighted by molar-refractivity contribution is 5.78. The predicted molar refractivity (Wildman–Crippen MR) is 70.1 cm³/mol. The lowest BCUT2D eigenvalue weighted by Gasteiger charge is -2.05. The number of phenolic OH excluding ortho intramolecular Hbond substituents is 1. The lowest BCUT2D eigenvalue weighted by molar-refractivity contribution is -0.120. The van der Waals surface area contributed by atoms with Crippen LogP contribution in [0.2, 0.25) is 0 Å². The molecular formula is C15H14FNO2. The highest BCUT2D eigenvalue weighted by Crippen LogP contribution is 2.09. The summed E-state index contributed by atoms with van der Waals surface area (Å²) in [4.78, 5) is 11.7. The van der Waals surface area contributed by atoms with Gasteiger partial charge < -0.3 is 10.4 Å². The summed E-state index contributed by atoms with van der Waals surface area (Å²) in [5, 5.41) is 11.9. The van der Waals surface area contributed by atoms with Crippen LogP contribution < -0.4 is 5.32 Å². The average molecular weight is 259 g/mol. The Morgan fingerprint density at radius 3 is 2.21 bits per heavy atom. The molecule has 2 aromatic rings. The molecule has 1 amide bonds. The zero-order valence-corrected chi connectivity index (χ0v) is 10.3. The normalized spacial score (nSPS) is 10.2. The van der Waals surface area contributed by atoms with Gasteiger partial charge in [-0.05, 0) is 35.4 Å². The maximum Gasteiger partial charge on any atom is 0.224 e. The monoisotopic (exact) mass is 259 g/mol. The van der Waals surface area contributed by atoms with Gasteiger partial charge in [0.1, 0.15) is 11.6 Å². The smallest absolute Gasteiger partial charge is 0.224 e. The summed E-state index contributed by atoms with van der Waals surface area (Å²) in [6.45, 7) is 0.403. The molecule has 98 valence electrons. The molecule has 0 fully saturated rings. The summed E-state index contributed by atoms with van der Waals surface area (Å²) in [5.74, 6) is -0.241. The van der Waals surface area contributed by atoms with Crippen LogP contribution >= 0.6 is 0 Å². The van der Waals surface area contributed by atoms with Crippen LogP contribution in [0.3, 0.4) is 0 Å². The number of carbonyl (C=O) groups excluding carboxylic acids is 1. The molecule has 0 atom stereocenters. The van der Waals surface area contributed by atoms with E-state index in [4.69, 9.17) is 5.11 Å². The predicted octanol–water partition coefficient (Wildman–Crippen LogP) is 2.39. The summed E-state index contributed by atoms with van der Waals surface area (Å²) in [7, 11) is 0. The van der Waals surface area contributed by atoms with Gasteiger partial charge in [0.15, 0.2) is 0 Å². The van der Waals surface area contributed by atoms with E-state index >= 15 is 0 Å². The van der Waals surface area contributed by atoms with Gasteiger partial charge in [-0.1, -0.05) is 24.3 Å². The van der Waals surface area contributed by atoms with E-state index in [9.17, 15) is 9.18 Å². The van der Waals surface area contributed by atoms with Crippen LogP contribution in [0.4, 0.5) is 4.39 Å². The number of rotatable bonds is 4. The topological polar surface area (TPSA) is 49.3 Å². The minimum Gasteiger partial charge on any atom is -0.508 e. The Bertz CT molecular complexity index is 549. The van der Waals surface area contributed by atoms with Crippen molar-refractivity contribution < 1.29 is 14.3 Å². The number of carbonyl (C=O) groups is 1. The van der Waals surface area contributed by atoms with Gasteiger partial charge in [0.2, 0.25) is 5.91 Å². The number of halogens is 1. The molecule has 0 aliphatic carbocycles. The molecule has 4 heteroatoms. The summed E-state index contributed by atoms with van der Waals surface area (Å²) < 4.78 is 12.7. The molecule has 0 heterocycles. The van der Waals surface area contributed by atoms with Crippen molar-refractivity contribution >= 4 is 5.91 Å². The number of amides is 1. The number of hydrogen-bond acceptors (Lipinski definition) is 2. The first-order valence-electron chi connectivity index (χ1n) is 5.92. The molecule has 0 aromatic heterocycles. The van der Waals surface area contributed by atoms with E-state index in [2.05, 4.69) is 5.32 Å². The molecular weight excluding hydrogens is 245 g/mol. The SMILES string of the molecule is O=C(Cc1ccc(F)cc1)NCc1ccc(O)cc1. The zero-order chi connectivity index (χ0) is 13.7. The molecule has 0 saturated carbocycles. The van der Waals surface area contributed by atoms with E-state index in [1.54, 1.807) is 36.4 Å². The van der Waals surface area contributed by atoms with Crippen LogP contribution in [-0.2, 0) is 17.8 Å². The van der Waals surface area contributed by atoms with Crippen molar-refractivity contribution in [2.45, 2.75) is 13.0 Å². The van der Waals surface area contributed by atoms with Crippen molar-refractivity contribution in [2.24, 2.45) is 0 Å². The minimum absolute atomic E-state index is 0.125. The Morgan fingerprint density at radius 1 is 1.00 bits per heavy atom. The fraction of sp³-hybridized carbons (Fsp3) is 0.133. The first-order valence-corrected chi connectivity index (χ1v) is 5.92. The molecule has 0 spiro atoms. The zero-order valence-electron chi connectivity index (χ0n) is 10.3. The van der Waals surface area contributed by atoms with E-state index in [1.165, 1.54) is 12.1 Å². The Labute approximate surface area is 110 Å². The molecule has 2 rings (SSSR count). The number of nitrogens with one attached hydrogen (secondary N) is 1. The highest BCUT2D eigenvalue weighted by Gasteiger charge is 2.03. The molecule has 19 heavy (non-hydrogen) atoms. The van der Waals surface area contributed by atoms with Crippen molar-refractivity contribution in [3.63, 3.8) is 0 Å². The molecule has 2 aromatic carbocycles. The minimum atomic E-state index is -0.312. The van der Waals surface area contributed by atoms with Gasteiger partial charge in [0.05, 0.1) is 6.42 Å². The second-order valence-corrected chi connectivity index (χ2v) is 4.25. The Morgan fingerprint density at radius 2 is 1.58 bits per heavy atom. The van der Waals surface area contributed by atoms with Crippen LogP contribution in [0.25, 0.3) is 0 Å². The number of benzene rings is 2. The van der Waals surface area contributed by atoms with Crippen LogP contribution in [-0.4, -0.2) is 11.0 Å². The number of aromatic hydroxyl groups is 1. The maximum atomic E-state index is 12.7. The average Bonchev–Trinajstić information content (AvgIpc) is 2.41. The van der Waals surface area contributed by atoms with Crippen LogP contribution in [0.1, 0.15) is 11.1 Å². The fourth-order valence-corrected chi connectivity index (χ4v) is 1.66. The van der Waals surface area contributed by atoms with E-state index in [-0.39, 0.29) is 23.9 Å².